The third-order valence-electron chi connectivity index (χ3n) is 2.74. The first-order valence-corrected chi connectivity index (χ1v) is 7.69. The summed E-state index contributed by atoms with van der Waals surface area (Å²) in [6, 6.07) is 6.07. The molecule has 0 radical (unpaired) electrons. The van der Waals surface area contributed by atoms with Gasteiger partial charge in [0.15, 0.2) is 0 Å². The maximum absolute atomic E-state index is 11.7. The Morgan fingerprint density at radius 1 is 1.30 bits per heavy atom. The molecule has 0 saturated carbocycles. The molecule has 0 spiro atoms. The van der Waals surface area contributed by atoms with Crippen LogP contribution in [0.2, 0.25) is 0 Å². The van der Waals surface area contributed by atoms with Crippen LogP contribution in [0.15, 0.2) is 29.2 Å². The van der Waals surface area contributed by atoms with Crippen molar-refractivity contribution in [3.63, 3.8) is 0 Å². The second kappa shape index (κ2) is 7.25. The maximum atomic E-state index is 11.7. The normalized spacial score (nSPS) is 12.8. The summed E-state index contributed by atoms with van der Waals surface area (Å²) in [4.78, 5) is 11.2. The van der Waals surface area contributed by atoms with Crippen molar-refractivity contribution >= 4 is 16.2 Å². The first-order valence-electron chi connectivity index (χ1n) is 6.28. The van der Waals surface area contributed by atoms with E-state index in [2.05, 4.69) is 4.28 Å². The summed E-state index contributed by atoms with van der Waals surface area (Å²) in [5.74, 6) is 0.203. The Kier molecular flexibility index (Phi) is 5.97. The minimum Gasteiger partial charge on any atom is -0.448 e. The molecule has 1 N–H and O–H groups in total. The summed E-state index contributed by atoms with van der Waals surface area (Å²) in [6.07, 6.45) is -0.0727. The largest absolute Gasteiger partial charge is 0.448 e. The van der Waals surface area contributed by atoms with E-state index in [1.807, 2.05) is 20.8 Å². The van der Waals surface area contributed by atoms with Crippen LogP contribution in [0, 0.1) is 12.8 Å². The van der Waals surface area contributed by atoms with Crippen LogP contribution in [0.1, 0.15) is 25.8 Å². The van der Waals surface area contributed by atoms with E-state index in [0.29, 0.717) is 0 Å². The maximum Gasteiger partial charge on any atom is 0.432 e. The van der Waals surface area contributed by atoms with Crippen LogP contribution in [0.4, 0.5) is 4.79 Å². The monoisotopic (exact) mass is 301 g/mol. The van der Waals surface area contributed by atoms with Gasteiger partial charge in [-0.3, -0.25) is 0 Å². The highest BCUT2D eigenvalue weighted by atomic mass is 32.2. The summed E-state index contributed by atoms with van der Waals surface area (Å²) in [5.41, 5.74) is 2.69. The van der Waals surface area contributed by atoms with Crippen LogP contribution >= 0.6 is 0 Å². The second-order valence-corrected chi connectivity index (χ2v) is 6.11. The molecule has 0 aliphatic heterocycles. The molecule has 1 atom stereocenters. The van der Waals surface area contributed by atoms with Gasteiger partial charge < -0.3 is 4.74 Å². The Balaban J connectivity index is 2.51. The van der Waals surface area contributed by atoms with Crippen LogP contribution in [0.3, 0.4) is 0 Å². The third kappa shape index (κ3) is 5.18. The van der Waals surface area contributed by atoms with Gasteiger partial charge in [-0.1, -0.05) is 38.0 Å². The molecule has 0 unspecified atom stereocenters. The van der Waals surface area contributed by atoms with Crippen molar-refractivity contribution in [2.45, 2.75) is 32.1 Å². The quantitative estimate of drug-likeness (QED) is 0.816. The molecule has 7 heteroatoms. The van der Waals surface area contributed by atoms with Gasteiger partial charge in [0.25, 0.3) is 0 Å². The fraction of sp³-hybridized carbons (Fsp3) is 0.462. The first kappa shape index (κ1) is 16.5. The zero-order valence-electron chi connectivity index (χ0n) is 11.8. The van der Waals surface area contributed by atoms with Gasteiger partial charge in [0, 0.05) is 0 Å². The average molecular weight is 301 g/mol. The highest BCUT2D eigenvalue weighted by Crippen LogP contribution is 2.12. The van der Waals surface area contributed by atoms with Crippen LogP contribution in [0.25, 0.3) is 0 Å². The third-order valence-corrected chi connectivity index (χ3v) is 3.89. The van der Waals surface area contributed by atoms with E-state index < -0.39 is 16.2 Å². The van der Waals surface area contributed by atoms with E-state index in [0.717, 1.165) is 12.0 Å². The molecule has 0 saturated heterocycles. The number of nitrogens with one attached hydrogen (secondary N) is 1. The van der Waals surface area contributed by atoms with E-state index in [-0.39, 0.29) is 17.4 Å². The molecule has 20 heavy (non-hydrogen) atoms. The molecular formula is C13H19NO5S. The number of hydrogen-bond donors (Lipinski definition) is 1. The summed E-state index contributed by atoms with van der Waals surface area (Å²) < 4.78 is 32.7. The molecule has 1 aromatic rings. The fourth-order valence-electron chi connectivity index (χ4n) is 1.21. The molecule has 1 amide bonds. The fourth-order valence-corrected chi connectivity index (χ4v) is 1.95. The lowest BCUT2D eigenvalue weighted by atomic mass is 10.1. The van der Waals surface area contributed by atoms with Gasteiger partial charge in [-0.25, -0.2) is 4.79 Å². The standard InChI is InChI=1S/C13H19NO5S/c1-4-10(2)9-18-13(15)14-19-20(16,17)12-7-5-11(3)6-8-12/h5-8,10H,4,9H2,1-3H3,(H,14,15)/t10-/m0/s1. The molecule has 0 aliphatic carbocycles. The molecule has 1 rings (SSSR count). The minimum atomic E-state index is -4.03. The molecule has 6 nitrogen and oxygen atoms in total. The lowest BCUT2D eigenvalue weighted by Gasteiger charge is -2.10. The number of aryl methyl sites for hydroxylation is 1. The highest BCUT2D eigenvalue weighted by molar-refractivity contribution is 7.86. The Labute approximate surface area is 119 Å². The zero-order valence-corrected chi connectivity index (χ0v) is 12.6. The van der Waals surface area contributed by atoms with E-state index in [9.17, 15) is 13.2 Å². The van der Waals surface area contributed by atoms with Crippen molar-refractivity contribution in [3.05, 3.63) is 29.8 Å². The Morgan fingerprint density at radius 2 is 1.90 bits per heavy atom. The van der Waals surface area contributed by atoms with Crippen molar-refractivity contribution in [3.8, 4) is 0 Å². The van der Waals surface area contributed by atoms with E-state index in [1.165, 1.54) is 12.1 Å². The molecule has 0 heterocycles. The lowest BCUT2D eigenvalue weighted by molar-refractivity contribution is 0.0908. The number of amides is 1. The predicted octanol–water partition coefficient (Wildman–Crippen LogP) is 2.39. The van der Waals surface area contributed by atoms with Gasteiger partial charge in [-0.15, -0.1) is 4.28 Å². The van der Waals surface area contributed by atoms with Crippen LogP contribution in [-0.2, 0) is 19.1 Å². The van der Waals surface area contributed by atoms with Gasteiger partial charge in [-0.2, -0.15) is 13.9 Å². The summed E-state index contributed by atoms with van der Waals surface area (Å²) >= 11 is 0. The number of benzene rings is 1. The summed E-state index contributed by atoms with van der Waals surface area (Å²) in [6.45, 7) is 5.92. The SMILES string of the molecule is CC[C@H](C)COC(=O)NOS(=O)(=O)c1ccc(C)cc1. The van der Waals surface area contributed by atoms with Crippen LogP contribution in [-0.4, -0.2) is 21.1 Å². The lowest BCUT2D eigenvalue weighted by Crippen LogP contribution is -2.29. The number of carbonyl (C=O) groups is 1. The zero-order chi connectivity index (χ0) is 15.2. The number of rotatable bonds is 6. The number of hydrogen-bond acceptors (Lipinski definition) is 5. The molecule has 0 aliphatic rings. The summed E-state index contributed by atoms with van der Waals surface area (Å²) in [5, 5.41) is 0. The van der Waals surface area contributed by atoms with Gasteiger partial charge in [0.1, 0.15) is 0 Å². The van der Waals surface area contributed by atoms with Gasteiger partial charge in [-0.05, 0) is 25.0 Å². The molecule has 112 valence electrons. The molecule has 1 aromatic carbocycles. The topological polar surface area (TPSA) is 81.7 Å². The first-order chi connectivity index (χ1) is 9.35. The van der Waals surface area contributed by atoms with E-state index in [4.69, 9.17) is 4.74 Å². The average Bonchev–Trinajstić information content (AvgIpc) is 2.43. The van der Waals surface area contributed by atoms with Gasteiger partial charge >= 0.3 is 16.2 Å². The molecular weight excluding hydrogens is 282 g/mol. The Bertz CT molecular complexity index is 538. The van der Waals surface area contributed by atoms with Gasteiger partial charge in [0.05, 0.1) is 11.5 Å². The number of carbonyl (C=O) groups excluding carboxylic acids is 1. The highest BCUT2D eigenvalue weighted by Gasteiger charge is 2.17. The Morgan fingerprint density at radius 3 is 2.45 bits per heavy atom. The molecule has 0 fully saturated rings. The van der Waals surface area contributed by atoms with Crippen molar-refractivity contribution in [1.29, 1.82) is 0 Å². The van der Waals surface area contributed by atoms with E-state index in [1.54, 1.807) is 17.6 Å². The van der Waals surface area contributed by atoms with Crippen molar-refractivity contribution < 1.29 is 22.2 Å². The van der Waals surface area contributed by atoms with Crippen molar-refractivity contribution in [1.82, 2.24) is 5.48 Å². The minimum absolute atomic E-state index is 0.0367. The predicted molar refractivity (Wildman–Crippen MR) is 73.4 cm³/mol. The number of ether oxygens (including phenoxy) is 1. The van der Waals surface area contributed by atoms with Crippen molar-refractivity contribution in [2.75, 3.05) is 6.61 Å². The van der Waals surface area contributed by atoms with Crippen LogP contribution < -0.4 is 5.48 Å². The smallest absolute Gasteiger partial charge is 0.432 e. The molecule has 0 aromatic heterocycles. The second-order valence-electron chi connectivity index (χ2n) is 4.56. The van der Waals surface area contributed by atoms with E-state index >= 15 is 0 Å². The van der Waals surface area contributed by atoms with Crippen LogP contribution in [0.5, 0.6) is 0 Å². The Hall–Kier alpha value is -1.60. The van der Waals surface area contributed by atoms with Gasteiger partial charge in [0.2, 0.25) is 0 Å². The molecule has 0 bridgehead atoms. The van der Waals surface area contributed by atoms with Crippen molar-refractivity contribution in [2.24, 2.45) is 5.92 Å². The summed E-state index contributed by atoms with van der Waals surface area (Å²) in [7, 11) is -4.03. The number of hydroxylamine groups is 1.